The smallest absolute Gasteiger partial charge is 0.229 e. The van der Waals surface area contributed by atoms with Crippen molar-refractivity contribution in [3.05, 3.63) is 24.0 Å². The number of rotatable bonds is 2. The molecular formula is C12H12FN3O. The fraction of sp³-hybridized carbons (Fsp3) is 0.333. The first-order valence-electron chi connectivity index (χ1n) is 5.58. The van der Waals surface area contributed by atoms with Crippen LogP contribution in [0, 0.1) is 11.7 Å². The summed E-state index contributed by atoms with van der Waals surface area (Å²) < 4.78 is 14.8. The summed E-state index contributed by atoms with van der Waals surface area (Å²) in [4.78, 5) is 15.8. The molecule has 1 aliphatic rings. The van der Waals surface area contributed by atoms with Crippen molar-refractivity contribution in [1.82, 2.24) is 9.55 Å². The fourth-order valence-electron chi connectivity index (χ4n) is 1.84. The number of carbonyl (C=O) groups is 1. The number of aromatic nitrogens is 2. The third-order valence-corrected chi connectivity index (χ3v) is 3.03. The molecule has 0 saturated heterocycles. The zero-order chi connectivity index (χ0) is 12.0. The molecule has 2 aromatic rings. The molecule has 5 heteroatoms. The van der Waals surface area contributed by atoms with Gasteiger partial charge in [-0.3, -0.25) is 10.1 Å². The number of benzene rings is 1. The Labute approximate surface area is 97.4 Å². The zero-order valence-corrected chi connectivity index (χ0v) is 9.40. The monoisotopic (exact) mass is 233 g/mol. The van der Waals surface area contributed by atoms with E-state index in [-0.39, 0.29) is 17.6 Å². The van der Waals surface area contributed by atoms with Gasteiger partial charge in [0, 0.05) is 19.0 Å². The van der Waals surface area contributed by atoms with Crippen LogP contribution < -0.4 is 5.32 Å². The van der Waals surface area contributed by atoms with E-state index < -0.39 is 0 Å². The van der Waals surface area contributed by atoms with Crippen molar-refractivity contribution in [3.8, 4) is 0 Å². The van der Waals surface area contributed by atoms with Crippen LogP contribution in [0.4, 0.5) is 10.3 Å². The fourth-order valence-corrected chi connectivity index (χ4v) is 1.84. The predicted molar refractivity (Wildman–Crippen MR) is 62.0 cm³/mol. The van der Waals surface area contributed by atoms with Gasteiger partial charge in [-0.05, 0) is 25.0 Å². The maximum absolute atomic E-state index is 13.0. The quantitative estimate of drug-likeness (QED) is 0.863. The summed E-state index contributed by atoms with van der Waals surface area (Å²) in [6, 6.07) is 4.41. The van der Waals surface area contributed by atoms with Gasteiger partial charge in [-0.15, -0.1) is 0 Å². The molecule has 1 heterocycles. The lowest BCUT2D eigenvalue weighted by Gasteiger charge is -2.03. The van der Waals surface area contributed by atoms with Crippen molar-refractivity contribution >= 4 is 22.9 Å². The summed E-state index contributed by atoms with van der Waals surface area (Å²) in [6.45, 7) is 0. The summed E-state index contributed by atoms with van der Waals surface area (Å²) in [5.74, 6) is 0.286. The number of hydrogen-bond donors (Lipinski definition) is 1. The molecule has 1 aromatic heterocycles. The van der Waals surface area contributed by atoms with Gasteiger partial charge in [-0.25, -0.2) is 9.37 Å². The molecule has 1 aliphatic carbocycles. The summed E-state index contributed by atoms with van der Waals surface area (Å²) in [5, 5.41) is 2.77. The Bertz CT molecular complexity index is 601. The lowest BCUT2D eigenvalue weighted by molar-refractivity contribution is -0.117. The Morgan fingerprint density at radius 3 is 3.00 bits per heavy atom. The van der Waals surface area contributed by atoms with Crippen molar-refractivity contribution in [2.45, 2.75) is 12.8 Å². The van der Waals surface area contributed by atoms with E-state index in [0.29, 0.717) is 11.5 Å². The Hall–Kier alpha value is -1.91. The van der Waals surface area contributed by atoms with Crippen LogP contribution in [0.15, 0.2) is 18.2 Å². The molecule has 1 N–H and O–H groups in total. The molecule has 0 radical (unpaired) electrons. The Balaban J connectivity index is 1.98. The molecule has 3 rings (SSSR count). The van der Waals surface area contributed by atoms with E-state index >= 15 is 0 Å². The van der Waals surface area contributed by atoms with Gasteiger partial charge < -0.3 is 4.57 Å². The van der Waals surface area contributed by atoms with Crippen molar-refractivity contribution < 1.29 is 9.18 Å². The van der Waals surface area contributed by atoms with E-state index in [2.05, 4.69) is 10.3 Å². The largest absolute Gasteiger partial charge is 0.313 e. The maximum Gasteiger partial charge on any atom is 0.229 e. The van der Waals surface area contributed by atoms with Crippen LogP contribution in [0.1, 0.15) is 12.8 Å². The average molecular weight is 233 g/mol. The van der Waals surface area contributed by atoms with E-state index in [4.69, 9.17) is 0 Å². The van der Waals surface area contributed by atoms with E-state index in [1.807, 2.05) is 0 Å². The molecule has 1 fully saturated rings. The van der Waals surface area contributed by atoms with E-state index in [9.17, 15) is 9.18 Å². The molecule has 0 atom stereocenters. The molecule has 0 aliphatic heterocycles. The molecule has 4 nitrogen and oxygen atoms in total. The van der Waals surface area contributed by atoms with Crippen LogP contribution in [0.2, 0.25) is 0 Å². The predicted octanol–water partition coefficient (Wildman–Crippen LogP) is 2.06. The SMILES string of the molecule is Cn1c(NC(=O)C2CC2)nc2cc(F)ccc21. The topological polar surface area (TPSA) is 46.9 Å². The highest BCUT2D eigenvalue weighted by Gasteiger charge is 2.30. The highest BCUT2D eigenvalue weighted by atomic mass is 19.1. The second-order valence-corrected chi connectivity index (χ2v) is 4.39. The van der Waals surface area contributed by atoms with Gasteiger partial charge in [0.2, 0.25) is 11.9 Å². The van der Waals surface area contributed by atoms with Crippen molar-refractivity contribution in [2.24, 2.45) is 13.0 Å². The molecule has 17 heavy (non-hydrogen) atoms. The molecule has 0 bridgehead atoms. The number of imidazole rings is 1. The summed E-state index contributed by atoms with van der Waals surface area (Å²) in [5.41, 5.74) is 1.36. The number of halogens is 1. The Kier molecular flexibility index (Phi) is 2.14. The number of nitrogens with one attached hydrogen (secondary N) is 1. The van der Waals surface area contributed by atoms with Gasteiger partial charge in [0.25, 0.3) is 0 Å². The third kappa shape index (κ3) is 1.77. The number of fused-ring (bicyclic) bond motifs is 1. The van der Waals surface area contributed by atoms with Gasteiger partial charge in [0.05, 0.1) is 11.0 Å². The number of hydrogen-bond acceptors (Lipinski definition) is 2. The minimum Gasteiger partial charge on any atom is -0.313 e. The van der Waals surface area contributed by atoms with Crippen LogP contribution in [0.25, 0.3) is 11.0 Å². The zero-order valence-electron chi connectivity index (χ0n) is 9.40. The Morgan fingerprint density at radius 2 is 2.29 bits per heavy atom. The number of carbonyl (C=O) groups excluding carboxylic acids is 1. The first-order chi connectivity index (χ1) is 8.15. The van der Waals surface area contributed by atoms with Crippen LogP contribution in [-0.4, -0.2) is 15.5 Å². The van der Waals surface area contributed by atoms with Crippen molar-refractivity contribution in [1.29, 1.82) is 0 Å². The second kappa shape index (κ2) is 3.55. The number of amides is 1. The standard InChI is InChI=1S/C12H12FN3O/c1-16-10-5-4-8(13)6-9(10)14-12(16)15-11(17)7-2-3-7/h4-7H,2-3H2,1H3,(H,14,15,17). The molecule has 1 aromatic carbocycles. The normalized spacial score (nSPS) is 15.2. The third-order valence-electron chi connectivity index (χ3n) is 3.03. The van der Waals surface area contributed by atoms with Crippen LogP contribution in [0.5, 0.6) is 0 Å². The second-order valence-electron chi connectivity index (χ2n) is 4.39. The van der Waals surface area contributed by atoms with Crippen LogP contribution in [-0.2, 0) is 11.8 Å². The first-order valence-corrected chi connectivity index (χ1v) is 5.58. The number of anilines is 1. The first kappa shape index (κ1) is 10.3. The van der Waals surface area contributed by atoms with Crippen LogP contribution >= 0.6 is 0 Å². The highest BCUT2D eigenvalue weighted by Crippen LogP contribution is 2.30. The maximum atomic E-state index is 13.0. The van der Waals surface area contributed by atoms with E-state index in [0.717, 1.165) is 18.4 Å². The summed E-state index contributed by atoms with van der Waals surface area (Å²) >= 11 is 0. The van der Waals surface area contributed by atoms with Gasteiger partial charge in [-0.1, -0.05) is 0 Å². The molecular weight excluding hydrogens is 221 g/mol. The van der Waals surface area contributed by atoms with Crippen LogP contribution in [0.3, 0.4) is 0 Å². The lowest BCUT2D eigenvalue weighted by Crippen LogP contribution is -2.16. The molecule has 0 unspecified atom stereocenters. The van der Waals surface area contributed by atoms with Gasteiger partial charge in [0.15, 0.2) is 0 Å². The summed E-state index contributed by atoms with van der Waals surface area (Å²) in [6.07, 6.45) is 1.90. The molecule has 1 saturated carbocycles. The lowest BCUT2D eigenvalue weighted by atomic mass is 10.3. The van der Waals surface area contributed by atoms with Gasteiger partial charge >= 0.3 is 0 Å². The number of nitrogens with zero attached hydrogens (tertiary/aromatic N) is 2. The van der Waals surface area contributed by atoms with E-state index in [1.54, 1.807) is 17.7 Å². The minimum absolute atomic E-state index is 0.00359. The Morgan fingerprint density at radius 1 is 1.53 bits per heavy atom. The summed E-state index contributed by atoms with van der Waals surface area (Å²) in [7, 11) is 1.80. The van der Waals surface area contributed by atoms with Gasteiger partial charge in [-0.2, -0.15) is 0 Å². The van der Waals surface area contributed by atoms with E-state index in [1.165, 1.54) is 12.1 Å². The number of aryl methyl sites for hydroxylation is 1. The molecule has 0 spiro atoms. The average Bonchev–Trinajstić information content (AvgIpc) is 3.07. The van der Waals surface area contributed by atoms with Crippen molar-refractivity contribution in [3.63, 3.8) is 0 Å². The van der Waals surface area contributed by atoms with Gasteiger partial charge in [0.1, 0.15) is 5.82 Å². The molecule has 88 valence electrons. The minimum atomic E-state index is -0.323. The highest BCUT2D eigenvalue weighted by molar-refractivity contribution is 5.94. The molecule has 1 amide bonds. The van der Waals surface area contributed by atoms with Crippen molar-refractivity contribution in [2.75, 3.05) is 5.32 Å².